The number of amides is 2. The van der Waals surface area contributed by atoms with Crippen LogP contribution in [0.2, 0.25) is 10.0 Å². The minimum atomic E-state index is -1.15. The number of fused-ring (bicyclic) bond motifs is 2. The molecule has 75 heavy (non-hydrogen) atoms. The normalized spacial score (nSPS) is 25.2. The summed E-state index contributed by atoms with van der Waals surface area (Å²) in [7, 11) is -0.918. The molecule has 19 heteroatoms. The molecule has 6 atom stereocenters. The van der Waals surface area contributed by atoms with Crippen LogP contribution in [0.15, 0.2) is 77.3 Å². The molecular weight excluding hydrogens is 1110 g/mol. The molecule has 407 valence electrons. The SMILES string of the molecule is CC(C)(C)OC(=O)N1CC(O)CC1[C@@]1(c2ccccc2)Cc2c(cc(F)c(Cl)c2B2OC(C)(C)C(C)(C)O2)O1.CC(C)(C)OC(=O)N1CC(O)CC1[C@@]1(c2ccccc2)Cc2c(cc(F)c(Cl)c2Br)O1.C[C-](C)C.[V]. The molecular formula is C56H69BBrCl2F2N2O10V-. The van der Waals surface area contributed by atoms with Gasteiger partial charge in [0.15, 0.2) is 11.2 Å². The average molecular weight is 1180 g/mol. The van der Waals surface area contributed by atoms with Crippen molar-refractivity contribution in [3.63, 3.8) is 0 Å². The van der Waals surface area contributed by atoms with E-state index in [1.54, 1.807) is 41.5 Å². The third-order valence-corrected chi connectivity index (χ3v) is 15.8. The van der Waals surface area contributed by atoms with Crippen molar-refractivity contribution in [3.8, 4) is 11.5 Å². The second kappa shape index (κ2) is 22.7. The van der Waals surface area contributed by atoms with E-state index in [4.69, 9.17) is 51.5 Å². The molecule has 5 aliphatic rings. The van der Waals surface area contributed by atoms with Gasteiger partial charge in [-0.05, 0) is 109 Å². The fraction of sp³-hybridized carbons (Fsp3) is 0.518. The minimum absolute atomic E-state index is 0. The quantitative estimate of drug-likeness (QED) is 0.113. The second-order valence-electron chi connectivity index (χ2n) is 23.3. The van der Waals surface area contributed by atoms with E-state index in [-0.39, 0.29) is 54.5 Å². The number of carbonyl (C=O) groups is 2. The molecule has 4 aromatic carbocycles. The van der Waals surface area contributed by atoms with Gasteiger partial charge in [-0.15, -0.1) is 0 Å². The molecule has 3 fully saturated rings. The van der Waals surface area contributed by atoms with Crippen molar-refractivity contribution in [1.82, 2.24) is 9.80 Å². The fourth-order valence-electron chi connectivity index (χ4n) is 10.1. The Morgan fingerprint density at radius 2 is 1.05 bits per heavy atom. The Morgan fingerprint density at radius 3 is 1.44 bits per heavy atom. The van der Waals surface area contributed by atoms with Crippen molar-refractivity contribution in [1.29, 1.82) is 0 Å². The van der Waals surface area contributed by atoms with Gasteiger partial charge in [-0.25, -0.2) is 18.4 Å². The Hall–Kier alpha value is -3.57. The number of hydrogen-bond acceptors (Lipinski definition) is 10. The van der Waals surface area contributed by atoms with Gasteiger partial charge in [0.1, 0.15) is 34.3 Å². The van der Waals surface area contributed by atoms with Crippen LogP contribution in [-0.2, 0) is 61.4 Å². The number of carbonyl (C=O) groups excluding carboxylic acids is 2. The number of halogens is 5. The molecule has 2 N–H and O–H groups in total. The zero-order valence-electron chi connectivity index (χ0n) is 44.9. The van der Waals surface area contributed by atoms with Crippen LogP contribution < -0.4 is 14.9 Å². The number of likely N-dealkylation sites (tertiary alicyclic amines) is 2. The number of aliphatic hydroxyl groups is 2. The fourth-order valence-corrected chi connectivity index (χ4v) is 11.0. The van der Waals surface area contributed by atoms with E-state index < -0.39 is 88.8 Å². The van der Waals surface area contributed by atoms with E-state index in [0.717, 1.165) is 16.7 Å². The van der Waals surface area contributed by atoms with Crippen molar-refractivity contribution in [3.05, 3.63) is 127 Å². The maximum atomic E-state index is 15.3. The zero-order valence-corrected chi connectivity index (χ0v) is 49.4. The van der Waals surface area contributed by atoms with Gasteiger partial charge in [-0.3, -0.25) is 9.80 Å². The van der Waals surface area contributed by atoms with Crippen molar-refractivity contribution in [2.45, 2.75) is 174 Å². The smallest absolute Gasteiger partial charge is 0.480 e. The number of benzene rings is 4. The summed E-state index contributed by atoms with van der Waals surface area (Å²) in [5, 5.41) is 21.2. The maximum Gasteiger partial charge on any atom is 0.496 e. The van der Waals surface area contributed by atoms with Gasteiger partial charge in [-0.1, -0.05) is 83.9 Å². The van der Waals surface area contributed by atoms with Crippen LogP contribution in [0.3, 0.4) is 0 Å². The average Bonchev–Trinajstić information content (AvgIpc) is 4.11. The Bertz CT molecular complexity index is 2700. The molecule has 9 rings (SSSR count). The van der Waals surface area contributed by atoms with Gasteiger partial charge >= 0.3 is 19.3 Å². The molecule has 4 unspecified atom stereocenters. The standard InChI is InChI=1S/C29H36BClFNO6.C23H24BrClFNO4.C4H9.V/c1-26(2,3)37-25(35)33-16-18(34)13-22(33)29(17-11-9-8-10-12-17)15-19-21(36-29)14-20(32)24(31)23(19)30-38-27(4,5)28(6,7)39-30;1-22(2,3)31-21(29)27-12-14(28)9-18(27)23(13-7-5-4-6-8-13)11-15-17(30-23)10-16(26)20(25)19(15)24;1-4(2)3;/h8-12,14,18,22,34H,13,15-16H2,1-7H3;4-8,10,14,18,28H,9,11-12H2,1-3H3;1-3H3;/q;;-1;/t18?,22?,29-;14?,18?,23-;;/m00../s1. The largest absolute Gasteiger partial charge is 0.496 e. The van der Waals surface area contributed by atoms with Gasteiger partial charge in [0.05, 0.1) is 58.6 Å². The first-order chi connectivity index (χ1) is 34.3. The van der Waals surface area contributed by atoms with Crippen LogP contribution in [0.1, 0.15) is 125 Å². The minimum Gasteiger partial charge on any atom is -0.480 e. The molecule has 5 heterocycles. The molecule has 0 spiro atoms. The van der Waals surface area contributed by atoms with E-state index in [1.807, 2.05) is 88.4 Å². The topological polar surface area (TPSA) is 136 Å². The molecule has 12 nitrogen and oxygen atoms in total. The molecule has 3 saturated heterocycles. The first kappa shape index (κ1) is 60.7. The third kappa shape index (κ3) is 12.7. The number of nitrogens with zero attached hydrogens (tertiary/aromatic N) is 2. The first-order valence-electron chi connectivity index (χ1n) is 24.9. The number of aliphatic hydroxyl groups excluding tert-OH is 2. The van der Waals surface area contributed by atoms with Crippen LogP contribution in [0, 0.1) is 17.6 Å². The third-order valence-electron chi connectivity index (χ3n) is 13.9. The Kier molecular flexibility index (Phi) is 18.3. The number of β-amino-alcohol motifs (C(OH)–C–C–N with tert-alkyl or cyclic N) is 2. The molecule has 4 aromatic rings. The number of rotatable bonds is 5. The van der Waals surface area contributed by atoms with E-state index in [9.17, 15) is 24.2 Å². The van der Waals surface area contributed by atoms with Crippen molar-refractivity contribution in [2.24, 2.45) is 0 Å². The van der Waals surface area contributed by atoms with E-state index in [1.165, 1.54) is 27.9 Å². The van der Waals surface area contributed by atoms with Crippen molar-refractivity contribution < 1.29 is 75.4 Å². The second-order valence-corrected chi connectivity index (χ2v) is 24.8. The summed E-state index contributed by atoms with van der Waals surface area (Å²) in [6.07, 6.45) is -1.42. The predicted molar refractivity (Wildman–Crippen MR) is 286 cm³/mol. The van der Waals surface area contributed by atoms with Crippen LogP contribution in [0.5, 0.6) is 11.5 Å². The van der Waals surface area contributed by atoms with E-state index in [2.05, 4.69) is 36.7 Å². The van der Waals surface area contributed by atoms with Gasteiger partial charge in [0.25, 0.3) is 0 Å². The summed E-state index contributed by atoms with van der Waals surface area (Å²) in [6, 6.07) is 20.4. The molecule has 0 bridgehead atoms. The summed E-state index contributed by atoms with van der Waals surface area (Å²) in [6.45, 7) is 24.9. The van der Waals surface area contributed by atoms with Gasteiger partial charge < -0.3 is 44.4 Å². The van der Waals surface area contributed by atoms with Crippen LogP contribution in [-0.4, -0.2) is 99.1 Å². The molecule has 5 aliphatic heterocycles. The number of ether oxygens (including phenoxy) is 4. The molecule has 0 aliphatic carbocycles. The molecule has 1 radical (unpaired) electrons. The van der Waals surface area contributed by atoms with Gasteiger partial charge in [0, 0.05) is 64.6 Å². The van der Waals surface area contributed by atoms with Crippen LogP contribution in [0.4, 0.5) is 18.4 Å². The summed E-state index contributed by atoms with van der Waals surface area (Å²) in [5.74, 6) is 0.838. The maximum absolute atomic E-state index is 15.3. The van der Waals surface area contributed by atoms with E-state index >= 15 is 4.39 Å². The van der Waals surface area contributed by atoms with Gasteiger partial charge in [-0.2, -0.15) is 20.8 Å². The Balaban J connectivity index is 0.000000230. The monoisotopic (exact) mass is 1180 g/mol. The van der Waals surface area contributed by atoms with Crippen molar-refractivity contribution >= 4 is 63.9 Å². The molecule has 0 aromatic heterocycles. The molecule has 2 amide bonds. The van der Waals surface area contributed by atoms with Crippen LogP contribution >= 0.6 is 39.1 Å². The zero-order chi connectivity index (χ0) is 54.7. The van der Waals surface area contributed by atoms with Gasteiger partial charge in [0.2, 0.25) is 0 Å². The first-order valence-corrected chi connectivity index (χ1v) is 26.5. The van der Waals surface area contributed by atoms with Crippen LogP contribution in [0.25, 0.3) is 0 Å². The number of hydrogen-bond donors (Lipinski definition) is 2. The Morgan fingerprint density at radius 1 is 0.693 bits per heavy atom. The Labute approximate surface area is 471 Å². The van der Waals surface area contributed by atoms with E-state index in [0.29, 0.717) is 39.8 Å². The summed E-state index contributed by atoms with van der Waals surface area (Å²) in [4.78, 5) is 29.5. The summed E-state index contributed by atoms with van der Waals surface area (Å²) in [5.41, 5.74) is -1.57. The summed E-state index contributed by atoms with van der Waals surface area (Å²) < 4.78 is 67.1. The van der Waals surface area contributed by atoms with Crippen molar-refractivity contribution in [2.75, 3.05) is 13.1 Å². The molecule has 0 saturated carbocycles. The predicted octanol–water partition coefficient (Wildman–Crippen LogP) is 12.0. The summed E-state index contributed by atoms with van der Waals surface area (Å²) >= 11 is 16.1.